The van der Waals surface area contributed by atoms with E-state index in [1.807, 2.05) is 0 Å². The second-order valence-corrected chi connectivity index (χ2v) is 7.89. The number of methoxy groups -OCH3 is 1. The number of carbonyl (C=O) groups excluding carboxylic acids is 1. The SMILES string of the molecule is COc1ccc2c(c1)C[C@H](C)C1=C2CC[C@]2(C)C1=CC[C@@H]2OC(C)=O. The topological polar surface area (TPSA) is 35.5 Å². The van der Waals surface area contributed by atoms with Gasteiger partial charge < -0.3 is 9.47 Å². The van der Waals surface area contributed by atoms with E-state index >= 15 is 0 Å². The number of hydrogen-bond acceptors (Lipinski definition) is 3. The van der Waals surface area contributed by atoms with Crippen molar-refractivity contribution in [3.05, 3.63) is 46.5 Å². The van der Waals surface area contributed by atoms with Gasteiger partial charge in [0.2, 0.25) is 0 Å². The minimum absolute atomic E-state index is 0.0153. The van der Waals surface area contributed by atoms with Crippen LogP contribution in [0.1, 0.15) is 51.2 Å². The lowest BCUT2D eigenvalue weighted by molar-refractivity contribution is -0.150. The summed E-state index contributed by atoms with van der Waals surface area (Å²) in [6.07, 6.45) is 6.27. The van der Waals surface area contributed by atoms with Crippen molar-refractivity contribution in [2.75, 3.05) is 7.11 Å². The van der Waals surface area contributed by atoms with E-state index in [9.17, 15) is 4.79 Å². The van der Waals surface area contributed by atoms with Crippen LogP contribution in [0.2, 0.25) is 0 Å². The van der Waals surface area contributed by atoms with Gasteiger partial charge in [0, 0.05) is 18.8 Å². The molecule has 1 aromatic rings. The van der Waals surface area contributed by atoms with Gasteiger partial charge >= 0.3 is 5.97 Å². The first-order valence-electron chi connectivity index (χ1n) is 9.22. The Labute approximate surface area is 149 Å². The van der Waals surface area contributed by atoms with Crippen LogP contribution in [0.4, 0.5) is 0 Å². The fourth-order valence-corrected chi connectivity index (χ4v) is 5.10. The highest BCUT2D eigenvalue weighted by atomic mass is 16.5. The number of hydrogen-bond donors (Lipinski definition) is 0. The summed E-state index contributed by atoms with van der Waals surface area (Å²) in [5, 5.41) is 0. The van der Waals surface area contributed by atoms with Crippen LogP contribution >= 0.6 is 0 Å². The zero-order chi connectivity index (χ0) is 17.8. The van der Waals surface area contributed by atoms with Gasteiger partial charge in [0.05, 0.1) is 7.11 Å². The molecular weight excluding hydrogens is 312 g/mol. The number of benzene rings is 1. The summed E-state index contributed by atoms with van der Waals surface area (Å²) in [6.45, 7) is 6.12. The number of rotatable bonds is 2. The van der Waals surface area contributed by atoms with Crippen LogP contribution in [0.25, 0.3) is 5.57 Å². The fraction of sp³-hybridized carbons (Fsp3) is 0.500. The Hall–Kier alpha value is -2.03. The molecule has 3 heteroatoms. The Morgan fingerprint density at radius 3 is 2.84 bits per heavy atom. The van der Waals surface area contributed by atoms with E-state index in [4.69, 9.17) is 9.47 Å². The normalized spacial score (nSPS) is 30.2. The van der Waals surface area contributed by atoms with E-state index in [0.717, 1.165) is 31.4 Å². The smallest absolute Gasteiger partial charge is 0.302 e. The summed E-state index contributed by atoms with van der Waals surface area (Å²) in [5.41, 5.74) is 7.15. The molecular formula is C22H26O3. The van der Waals surface area contributed by atoms with Crippen molar-refractivity contribution in [1.29, 1.82) is 0 Å². The summed E-state index contributed by atoms with van der Waals surface area (Å²) in [4.78, 5) is 11.5. The highest BCUT2D eigenvalue weighted by molar-refractivity contribution is 5.80. The second-order valence-electron chi connectivity index (χ2n) is 7.89. The summed E-state index contributed by atoms with van der Waals surface area (Å²) in [5.74, 6) is 1.25. The highest BCUT2D eigenvalue weighted by Gasteiger charge is 2.49. The molecule has 0 aliphatic heterocycles. The van der Waals surface area contributed by atoms with Gasteiger partial charge in [-0.3, -0.25) is 4.79 Å². The Morgan fingerprint density at radius 1 is 1.32 bits per heavy atom. The highest BCUT2D eigenvalue weighted by Crippen LogP contribution is 2.57. The Kier molecular flexibility index (Phi) is 3.78. The van der Waals surface area contributed by atoms with E-state index in [0.29, 0.717) is 5.92 Å². The molecule has 1 aromatic carbocycles. The van der Waals surface area contributed by atoms with Crippen molar-refractivity contribution in [2.24, 2.45) is 11.3 Å². The molecule has 0 N–H and O–H groups in total. The van der Waals surface area contributed by atoms with Crippen LogP contribution in [0.15, 0.2) is 35.4 Å². The molecule has 132 valence electrons. The quantitative estimate of drug-likeness (QED) is 0.733. The Morgan fingerprint density at radius 2 is 2.12 bits per heavy atom. The van der Waals surface area contributed by atoms with E-state index < -0.39 is 0 Å². The van der Waals surface area contributed by atoms with Crippen LogP contribution in [0.3, 0.4) is 0 Å². The molecule has 0 heterocycles. The molecule has 0 radical (unpaired) electrons. The Bertz CT molecular complexity index is 801. The number of ether oxygens (including phenoxy) is 2. The predicted molar refractivity (Wildman–Crippen MR) is 98.4 cm³/mol. The lowest BCUT2D eigenvalue weighted by Crippen LogP contribution is -2.37. The average Bonchev–Trinajstić information content (AvgIpc) is 2.90. The summed E-state index contributed by atoms with van der Waals surface area (Å²) >= 11 is 0. The average molecular weight is 338 g/mol. The van der Waals surface area contributed by atoms with Crippen molar-refractivity contribution < 1.29 is 14.3 Å². The van der Waals surface area contributed by atoms with Gasteiger partial charge in [-0.1, -0.05) is 26.0 Å². The summed E-state index contributed by atoms with van der Waals surface area (Å²) < 4.78 is 11.1. The molecule has 0 amide bonds. The van der Waals surface area contributed by atoms with Crippen molar-refractivity contribution in [1.82, 2.24) is 0 Å². The molecule has 3 nitrogen and oxygen atoms in total. The number of carbonyl (C=O) groups is 1. The molecule has 0 spiro atoms. The zero-order valence-electron chi connectivity index (χ0n) is 15.5. The number of allylic oxidation sites excluding steroid dienone is 2. The molecule has 0 saturated carbocycles. The van der Waals surface area contributed by atoms with Crippen LogP contribution < -0.4 is 4.74 Å². The van der Waals surface area contributed by atoms with Crippen LogP contribution in [0, 0.1) is 11.3 Å². The van der Waals surface area contributed by atoms with Gasteiger partial charge in [-0.2, -0.15) is 0 Å². The Balaban J connectivity index is 1.78. The molecule has 4 rings (SSSR count). The van der Waals surface area contributed by atoms with Gasteiger partial charge in [0.25, 0.3) is 0 Å². The number of esters is 1. The molecule has 3 atom stereocenters. The lowest BCUT2D eigenvalue weighted by Gasteiger charge is -2.43. The molecule has 0 saturated heterocycles. The molecule has 0 fully saturated rings. The maximum absolute atomic E-state index is 11.5. The summed E-state index contributed by atoms with van der Waals surface area (Å²) in [7, 11) is 1.73. The standard InChI is InChI=1S/C22H26O3/c1-13-11-15-12-16(24-4)5-6-17(15)18-9-10-22(3)19(21(13)18)7-8-20(22)25-14(2)23/h5-7,12-13,20H,8-11H2,1-4H3/t13-,20-,22+/m0/s1. The van der Waals surface area contributed by atoms with E-state index in [1.165, 1.54) is 34.8 Å². The lowest BCUT2D eigenvalue weighted by atomic mass is 9.62. The molecule has 25 heavy (non-hydrogen) atoms. The molecule has 3 aliphatic carbocycles. The second kappa shape index (κ2) is 5.76. The van der Waals surface area contributed by atoms with Crippen LogP contribution in [-0.4, -0.2) is 19.2 Å². The van der Waals surface area contributed by atoms with Gasteiger partial charge in [0.15, 0.2) is 0 Å². The largest absolute Gasteiger partial charge is 0.497 e. The van der Waals surface area contributed by atoms with Crippen molar-refractivity contribution in [3.8, 4) is 5.75 Å². The maximum Gasteiger partial charge on any atom is 0.302 e. The zero-order valence-corrected chi connectivity index (χ0v) is 15.5. The third-order valence-corrected chi connectivity index (χ3v) is 6.34. The first-order chi connectivity index (χ1) is 11.9. The predicted octanol–water partition coefficient (Wildman–Crippen LogP) is 4.70. The minimum Gasteiger partial charge on any atom is -0.497 e. The van der Waals surface area contributed by atoms with Crippen molar-refractivity contribution in [3.63, 3.8) is 0 Å². The van der Waals surface area contributed by atoms with E-state index in [1.54, 1.807) is 7.11 Å². The number of fused-ring (bicyclic) bond motifs is 4. The maximum atomic E-state index is 11.5. The molecule has 3 aliphatic rings. The van der Waals surface area contributed by atoms with Crippen molar-refractivity contribution >= 4 is 11.5 Å². The third kappa shape index (κ3) is 2.44. The minimum atomic E-state index is -0.171. The van der Waals surface area contributed by atoms with Gasteiger partial charge in [-0.25, -0.2) is 0 Å². The molecule has 0 aromatic heterocycles. The van der Waals surface area contributed by atoms with Crippen LogP contribution in [0.5, 0.6) is 5.75 Å². The van der Waals surface area contributed by atoms with Gasteiger partial charge in [-0.15, -0.1) is 0 Å². The fourth-order valence-electron chi connectivity index (χ4n) is 5.10. The monoisotopic (exact) mass is 338 g/mol. The van der Waals surface area contributed by atoms with E-state index in [2.05, 4.69) is 38.1 Å². The molecule has 0 bridgehead atoms. The van der Waals surface area contributed by atoms with Gasteiger partial charge in [0.1, 0.15) is 11.9 Å². The first kappa shape index (κ1) is 16.4. The van der Waals surface area contributed by atoms with Crippen LogP contribution in [-0.2, 0) is 16.0 Å². The van der Waals surface area contributed by atoms with E-state index in [-0.39, 0.29) is 17.5 Å². The first-order valence-corrected chi connectivity index (χ1v) is 9.22. The third-order valence-electron chi connectivity index (χ3n) is 6.34. The van der Waals surface area contributed by atoms with Gasteiger partial charge in [-0.05, 0) is 65.2 Å². The van der Waals surface area contributed by atoms with Crippen molar-refractivity contribution in [2.45, 2.75) is 52.6 Å². The summed E-state index contributed by atoms with van der Waals surface area (Å²) in [6, 6.07) is 6.48. The molecule has 0 unspecified atom stereocenters.